The second kappa shape index (κ2) is 7.00. The molecule has 6 heteroatoms. The van der Waals surface area contributed by atoms with E-state index < -0.39 is 16.3 Å². The van der Waals surface area contributed by atoms with Crippen LogP contribution in [0.15, 0.2) is 24.3 Å². The van der Waals surface area contributed by atoms with E-state index in [2.05, 4.69) is 5.32 Å². The van der Waals surface area contributed by atoms with Gasteiger partial charge in [-0.15, -0.1) is 0 Å². The van der Waals surface area contributed by atoms with Crippen LogP contribution >= 0.6 is 0 Å². The third-order valence-electron chi connectivity index (χ3n) is 3.72. The Morgan fingerprint density at radius 3 is 2.55 bits per heavy atom. The van der Waals surface area contributed by atoms with Crippen LogP contribution in [0.25, 0.3) is 0 Å². The Hall–Kier alpha value is -1.95. The highest BCUT2D eigenvalue weighted by atomic mass is 16.6. The lowest BCUT2D eigenvalue weighted by Gasteiger charge is -2.27. The second-order valence-electron chi connectivity index (χ2n) is 4.82. The molecule has 0 fully saturated rings. The molecule has 0 spiro atoms. The van der Waals surface area contributed by atoms with Crippen LogP contribution in [0, 0.1) is 15.5 Å². The summed E-state index contributed by atoms with van der Waals surface area (Å²) in [6.07, 6.45) is 1.08. The lowest BCUT2D eigenvalue weighted by atomic mass is 9.82. The van der Waals surface area contributed by atoms with Crippen LogP contribution in [0.2, 0.25) is 0 Å². The van der Waals surface area contributed by atoms with E-state index in [9.17, 15) is 20.0 Å². The van der Waals surface area contributed by atoms with Gasteiger partial charge in [0.05, 0.1) is 10.3 Å². The molecule has 1 aromatic carbocycles. The van der Waals surface area contributed by atoms with Gasteiger partial charge in [-0.1, -0.05) is 26.0 Å². The van der Waals surface area contributed by atoms with E-state index in [0.29, 0.717) is 25.9 Å². The largest absolute Gasteiger partial charge is 0.481 e. The number of nitrogens with zero attached hydrogens (tertiary/aromatic N) is 1. The van der Waals surface area contributed by atoms with Gasteiger partial charge in [0, 0.05) is 25.2 Å². The first-order valence-electron chi connectivity index (χ1n) is 6.62. The van der Waals surface area contributed by atoms with Crippen molar-refractivity contribution in [1.82, 2.24) is 5.32 Å². The minimum atomic E-state index is -0.811. The highest BCUT2D eigenvalue weighted by molar-refractivity contribution is 5.74. The number of non-ortho nitro benzene ring substituents is 1. The van der Waals surface area contributed by atoms with Crippen LogP contribution in [0.1, 0.15) is 32.3 Å². The molecule has 0 heterocycles. The van der Waals surface area contributed by atoms with E-state index in [-0.39, 0.29) is 5.69 Å². The van der Waals surface area contributed by atoms with Crippen molar-refractivity contribution in [2.45, 2.75) is 33.2 Å². The van der Waals surface area contributed by atoms with Gasteiger partial charge in [-0.3, -0.25) is 14.9 Å². The van der Waals surface area contributed by atoms with Gasteiger partial charge in [0.2, 0.25) is 0 Å². The second-order valence-corrected chi connectivity index (χ2v) is 4.82. The number of aliphatic carboxylic acids is 1. The van der Waals surface area contributed by atoms with Crippen LogP contribution < -0.4 is 5.32 Å². The zero-order valence-electron chi connectivity index (χ0n) is 11.8. The number of carbonyl (C=O) groups is 1. The molecule has 1 aromatic rings. The van der Waals surface area contributed by atoms with Crippen molar-refractivity contribution in [3.8, 4) is 0 Å². The highest BCUT2D eigenvalue weighted by Gasteiger charge is 2.34. The zero-order chi connectivity index (χ0) is 15.2. The van der Waals surface area contributed by atoms with E-state index in [1.807, 2.05) is 13.8 Å². The molecule has 0 aliphatic carbocycles. The quantitative estimate of drug-likeness (QED) is 0.564. The van der Waals surface area contributed by atoms with Gasteiger partial charge in [0.15, 0.2) is 0 Å². The predicted octanol–water partition coefficient (Wildman–Crippen LogP) is 2.58. The monoisotopic (exact) mass is 280 g/mol. The summed E-state index contributed by atoms with van der Waals surface area (Å²) in [4.78, 5) is 21.6. The Kier molecular flexibility index (Phi) is 5.64. The zero-order valence-corrected chi connectivity index (χ0v) is 11.8. The summed E-state index contributed by atoms with van der Waals surface area (Å²) in [5.74, 6) is -0.811. The Labute approximate surface area is 118 Å². The predicted molar refractivity (Wildman–Crippen MR) is 75.5 cm³/mol. The molecule has 1 rings (SSSR count). The molecule has 0 atom stereocenters. The molecule has 0 unspecified atom stereocenters. The van der Waals surface area contributed by atoms with Crippen molar-refractivity contribution < 1.29 is 14.8 Å². The fraction of sp³-hybridized carbons (Fsp3) is 0.500. The van der Waals surface area contributed by atoms with Crippen molar-refractivity contribution in [2.75, 3.05) is 6.54 Å². The number of carboxylic acids is 1. The maximum absolute atomic E-state index is 11.3. The summed E-state index contributed by atoms with van der Waals surface area (Å²) >= 11 is 0. The topological polar surface area (TPSA) is 92.5 Å². The molecule has 20 heavy (non-hydrogen) atoms. The normalized spacial score (nSPS) is 11.3. The summed E-state index contributed by atoms with van der Waals surface area (Å²) in [6.45, 7) is 4.47. The van der Waals surface area contributed by atoms with Crippen LogP contribution in [-0.2, 0) is 11.3 Å². The van der Waals surface area contributed by atoms with Crippen LogP contribution in [0.3, 0.4) is 0 Å². The standard InChI is InChI=1S/C14H20N2O4/c1-3-14(4-2,13(17)18)10-15-9-11-6-5-7-12(8-11)16(19)20/h5-8,15H,3-4,9-10H2,1-2H3,(H,17,18). The van der Waals surface area contributed by atoms with Gasteiger partial charge in [-0.2, -0.15) is 0 Å². The summed E-state index contributed by atoms with van der Waals surface area (Å²) < 4.78 is 0. The molecular weight excluding hydrogens is 260 g/mol. The van der Waals surface area contributed by atoms with E-state index in [4.69, 9.17) is 0 Å². The molecule has 6 nitrogen and oxygen atoms in total. The maximum atomic E-state index is 11.3. The molecule has 0 aromatic heterocycles. The minimum Gasteiger partial charge on any atom is -0.481 e. The van der Waals surface area contributed by atoms with E-state index in [1.165, 1.54) is 12.1 Å². The van der Waals surface area contributed by atoms with Crippen molar-refractivity contribution in [3.63, 3.8) is 0 Å². The number of carboxylic acid groups (broad SMARTS) is 1. The summed E-state index contributed by atoms with van der Waals surface area (Å²) in [5, 5.41) is 23.1. The molecule has 0 saturated heterocycles. The lowest BCUT2D eigenvalue weighted by molar-refractivity contribution is -0.384. The number of hydrogen-bond acceptors (Lipinski definition) is 4. The van der Waals surface area contributed by atoms with E-state index in [0.717, 1.165) is 5.56 Å². The summed E-state index contributed by atoms with van der Waals surface area (Å²) in [5.41, 5.74) is 0.0336. The maximum Gasteiger partial charge on any atom is 0.310 e. The fourth-order valence-electron chi connectivity index (χ4n) is 2.10. The Balaban J connectivity index is 2.66. The van der Waals surface area contributed by atoms with E-state index >= 15 is 0 Å². The van der Waals surface area contributed by atoms with E-state index in [1.54, 1.807) is 12.1 Å². The molecule has 0 bridgehead atoms. The van der Waals surface area contributed by atoms with Gasteiger partial charge in [0.1, 0.15) is 0 Å². The summed E-state index contributed by atoms with van der Waals surface area (Å²) in [6, 6.07) is 6.33. The Morgan fingerprint density at radius 2 is 2.05 bits per heavy atom. The number of rotatable bonds is 8. The number of benzene rings is 1. The molecule has 0 saturated carbocycles. The Bertz CT molecular complexity index is 484. The molecular formula is C14H20N2O4. The molecule has 2 N–H and O–H groups in total. The number of nitro groups is 1. The SMILES string of the molecule is CCC(CC)(CNCc1cccc([N+](=O)[O-])c1)C(=O)O. The van der Waals surface area contributed by atoms with Gasteiger partial charge < -0.3 is 10.4 Å². The van der Waals surface area contributed by atoms with Crippen molar-refractivity contribution in [3.05, 3.63) is 39.9 Å². The first kappa shape index (κ1) is 16.1. The van der Waals surface area contributed by atoms with Crippen molar-refractivity contribution in [2.24, 2.45) is 5.41 Å². The number of hydrogen-bond donors (Lipinski definition) is 2. The molecule has 110 valence electrons. The number of nitrogens with one attached hydrogen (secondary N) is 1. The minimum absolute atomic E-state index is 0.0415. The molecule has 0 aliphatic rings. The Morgan fingerprint density at radius 1 is 1.40 bits per heavy atom. The van der Waals surface area contributed by atoms with Crippen LogP contribution in [0.5, 0.6) is 0 Å². The molecule has 0 aliphatic heterocycles. The highest BCUT2D eigenvalue weighted by Crippen LogP contribution is 2.25. The third-order valence-corrected chi connectivity index (χ3v) is 3.72. The van der Waals surface area contributed by atoms with Gasteiger partial charge in [-0.05, 0) is 18.4 Å². The average molecular weight is 280 g/mol. The first-order chi connectivity index (χ1) is 9.45. The summed E-state index contributed by atoms with van der Waals surface area (Å²) in [7, 11) is 0. The average Bonchev–Trinajstić information content (AvgIpc) is 2.44. The molecule has 0 radical (unpaired) electrons. The van der Waals surface area contributed by atoms with Gasteiger partial charge in [-0.25, -0.2) is 0 Å². The third kappa shape index (κ3) is 3.77. The smallest absolute Gasteiger partial charge is 0.310 e. The first-order valence-corrected chi connectivity index (χ1v) is 6.62. The number of nitro benzene ring substituents is 1. The van der Waals surface area contributed by atoms with Crippen molar-refractivity contribution in [1.29, 1.82) is 0 Å². The fourth-order valence-corrected chi connectivity index (χ4v) is 2.10. The lowest BCUT2D eigenvalue weighted by Crippen LogP contribution is -2.40. The van der Waals surface area contributed by atoms with Gasteiger partial charge >= 0.3 is 5.97 Å². The molecule has 0 amide bonds. The van der Waals surface area contributed by atoms with Crippen molar-refractivity contribution >= 4 is 11.7 Å². The van der Waals surface area contributed by atoms with Crippen LogP contribution in [0.4, 0.5) is 5.69 Å². The van der Waals surface area contributed by atoms with Gasteiger partial charge in [0.25, 0.3) is 5.69 Å². The van der Waals surface area contributed by atoms with Crippen LogP contribution in [-0.4, -0.2) is 22.5 Å².